The van der Waals surface area contributed by atoms with Crippen molar-refractivity contribution in [3.8, 4) is 0 Å². The first kappa shape index (κ1) is 45.5. The van der Waals surface area contributed by atoms with Crippen molar-refractivity contribution in [2.24, 2.45) is 11.7 Å². The number of nitrogens with two attached hydrogens (primary N) is 1. The first-order valence-electron chi connectivity index (χ1n) is 8.97. The summed E-state index contributed by atoms with van der Waals surface area (Å²) in [6.45, 7) is 9.77. The van der Waals surface area contributed by atoms with Gasteiger partial charge >= 0.3 is 7.60 Å². The van der Waals surface area contributed by atoms with Crippen molar-refractivity contribution in [1.29, 1.82) is 0 Å². The van der Waals surface area contributed by atoms with Crippen molar-refractivity contribution in [2.45, 2.75) is 70.4 Å². The molecule has 5 nitrogen and oxygen atoms in total. The third-order valence-electron chi connectivity index (χ3n) is 3.33. The van der Waals surface area contributed by atoms with Crippen LogP contribution in [-0.4, -0.2) is 28.3 Å². The van der Waals surface area contributed by atoms with Crippen LogP contribution in [0.25, 0.3) is 0 Å². The highest BCUT2D eigenvalue weighted by molar-refractivity contribution is 7.50. The highest BCUT2D eigenvalue weighted by Gasteiger charge is 2.10. The van der Waals surface area contributed by atoms with Crippen LogP contribution in [0.4, 0.5) is 13.2 Å². The van der Waals surface area contributed by atoms with Crippen LogP contribution < -0.4 is 5.73 Å². The summed E-state index contributed by atoms with van der Waals surface area (Å²) in [6.07, 6.45) is 0. The van der Waals surface area contributed by atoms with Crippen LogP contribution >= 0.6 is 7.60 Å². The van der Waals surface area contributed by atoms with E-state index in [1.807, 2.05) is 20.8 Å². The smallest absolute Gasteiger partial charge is 0.322 e. The molecule has 9 heteroatoms. The van der Waals surface area contributed by atoms with Crippen LogP contribution in [0.15, 0.2) is 42.5 Å². The number of carbonyl (C=O) groups is 1. The molecule has 0 aliphatic carbocycles. The van der Waals surface area contributed by atoms with Gasteiger partial charge in [0.15, 0.2) is 0 Å². The minimum atomic E-state index is -3.64. The molecule has 0 bridgehead atoms. The van der Waals surface area contributed by atoms with Crippen LogP contribution in [0.3, 0.4) is 0 Å². The second-order valence-corrected chi connectivity index (χ2v) is 8.58. The molecule has 0 amide bonds. The number of hydrogen-bond donors (Lipinski definition) is 3. The molecule has 0 heterocycles. The zero-order valence-corrected chi connectivity index (χ0v) is 19.0. The average Bonchev–Trinajstić information content (AvgIpc) is 2.60. The highest BCUT2D eigenvalue weighted by atomic mass is 31.2. The van der Waals surface area contributed by atoms with Crippen molar-refractivity contribution in [1.82, 2.24) is 0 Å². The summed E-state index contributed by atoms with van der Waals surface area (Å²) >= 11 is 0. The molecule has 0 unspecified atom stereocenters. The molecular formula is C25H47F3NO4P. The second kappa shape index (κ2) is 22.8. The monoisotopic (exact) mass is 513 g/mol. The SMILES string of the molecule is C.C.C.C.CC(=O)[C@@H](N)C(C)C.CP(=O)(O)O.Cc1ccc(F)cc1.Cc1ccc(F)cc1F. The zero-order chi connectivity index (χ0) is 24.1. The Morgan fingerprint density at radius 3 is 1.44 bits per heavy atom. The Labute approximate surface area is 205 Å². The van der Waals surface area contributed by atoms with Gasteiger partial charge in [0.25, 0.3) is 0 Å². The Morgan fingerprint density at radius 1 is 0.882 bits per heavy atom. The molecule has 2 aromatic carbocycles. The van der Waals surface area contributed by atoms with E-state index in [0.29, 0.717) is 5.56 Å². The molecule has 0 spiro atoms. The quantitative estimate of drug-likeness (QED) is 0.366. The van der Waals surface area contributed by atoms with Gasteiger partial charge in [0.2, 0.25) is 0 Å². The van der Waals surface area contributed by atoms with E-state index < -0.39 is 19.2 Å². The topological polar surface area (TPSA) is 101 Å². The number of hydrogen-bond acceptors (Lipinski definition) is 3. The van der Waals surface area contributed by atoms with Crippen LogP contribution in [0.1, 0.15) is 61.6 Å². The Hall–Kier alpha value is -1.99. The van der Waals surface area contributed by atoms with Crippen molar-refractivity contribution in [3.63, 3.8) is 0 Å². The lowest BCUT2D eigenvalue weighted by Gasteiger charge is -2.09. The van der Waals surface area contributed by atoms with E-state index in [2.05, 4.69) is 0 Å². The maximum Gasteiger partial charge on any atom is 0.322 e. The van der Waals surface area contributed by atoms with E-state index in [4.69, 9.17) is 15.5 Å². The first-order chi connectivity index (χ1) is 13.5. The third kappa shape index (κ3) is 30.0. The van der Waals surface area contributed by atoms with Gasteiger partial charge in [0.05, 0.1) is 6.04 Å². The standard InChI is InChI=1S/C7H6F2.C7H7F.C6H13NO.CH5O3P.4CH4/c1-5-2-3-6(8)4-7(5)9;1-6-2-4-7(8)5-3-6;1-4(2)6(7)5(3)8;1-5(2,3)4;;;;/h2-4H,1H3;2-5H,1H3;4,6H,7H2,1-3H3;1H3,(H2,2,3,4);4*1H4/t;;6-;;;;;/m..0...../s1. The highest BCUT2D eigenvalue weighted by Crippen LogP contribution is 2.26. The lowest BCUT2D eigenvalue weighted by atomic mass is 10.0. The summed E-state index contributed by atoms with van der Waals surface area (Å²) in [4.78, 5) is 25.7. The number of ketones is 1. The second-order valence-electron chi connectivity index (χ2n) is 6.90. The molecule has 2 rings (SSSR count). The largest absolute Gasteiger partial charge is 0.325 e. The van der Waals surface area contributed by atoms with Gasteiger partial charge in [-0.1, -0.05) is 67.3 Å². The molecule has 2 aromatic rings. The summed E-state index contributed by atoms with van der Waals surface area (Å²) in [5, 5.41) is 0. The first-order valence-corrected chi connectivity index (χ1v) is 11.0. The molecule has 0 saturated carbocycles. The Bertz CT molecular complexity index is 781. The van der Waals surface area contributed by atoms with Crippen LogP contribution in [0, 0.1) is 37.2 Å². The molecule has 0 fully saturated rings. The Kier molecular flexibility index (Phi) is 30.5. The fraction of sp³-hybridized carbons (Fsp3) is 0.480. The number of carbonyl (C=O) groups excluding carboxylic acids is 1. The molecule has 0 radical (unpaired) electrons. The van der Waals surface area contributed by atoms with Gasteiger partial charge in [-0.3, -0.25) is 9.36 Å². The normalized spacial score (nSPS) is 9.79. The van der Waals surface area contributed by atoms with Crippen molar-refractivity contribution < 1.29 is 32.3 Å². The van der Waals surface area contributed by atoms with Gasteiger partial charge in [-0.15, -0.1) is 0 Å². The maximum atomic E-state index is 12.3. The van der Waals surface area contributed by atoms with Crippen LogP contribution in [0.2, 0.25) is 0 Å². The number of halogens is 3. The summed E-state index contributed by atoms with van der Waals surface area (Å²) in [7, 11) is -3.64. The molecular weight excluding hydrogens is 466 g/mol. The van der Waals surface area contributed by atoms with Gasteiger partial charge in [-0.25, -0.2) is 13.2 Å². The number of benzene rings is 2. The van der Waals surface area contributed by atoms with E-state index in [0.717, 1.165) is 18.3 Å². The van der Waals surface area contributed by atoms with Gasteiger partial charge in [-0.05, 0) is 50.5 Å². The maximum absolute atomic E-state index is 12.3. The predicted molar refractivity (Wildman–Crippen MR) is 141 cm³/mol. The minimum Gasteiger partial charge on any atom is -0.325 e. The summed E-state index contributed by atoms with van der Waals surface area (Å²) in [6, 6.07) is 9.64. The van der Waals surface area contributed by atoms with E-state index in [1.54, 1.807) is 19.1 Å². The molecule has 0 aliphatic heterocycles. The van der Waals surface area contributed by atoms with Crippen molar-refractivity contribution in [2.75, 3.05) is 6.66 Å². The van der Waals surface area contributed by atoms with Crippen molar-refractivity contribution in [3.05, 3.63) is 71.0 Å². The van der Waals surface area contributed by atoms with E-state index in [1.165, 1.54) is 31.2 Å². The number of aryl methyl sites for hydroxylation is 2. The van der Waals surface area contributed by atoms with Crippen molar-refractivity contribution >= 4 is 13.4 Å². The molecule has 0 aromatic heterocycles. The molecule has 202 valence electrons. The predicted octanol–water partition coefficient (Wildman–Crippen LogP) is 7.30. The van der Waals surface area contributed by atoms with E-state index in [9.17, 15) is 22.5 Å². The van der Waals surface area contributed by atoms with Gasteiger partial charge in [0.1, 0.15) is 23.2 Å². The lowest BCUT2D eigenvalue weighted by Crippen LogP contribution is -2.33. The lowest BCUT2D eigenvalue weighted by molar-refractivity contribution is -0.119. The van der Waals surface area contributed by atoms with Gasteiger partial charge in [-0.2, -0.15) is 0 Å². The zero-order valence-electron chi connectivity index (χ0n) is 18.1. The van der Waals surface area contributed by atoms with Gasteiger partial charge < -0.3 is 15.5 Å². The summed E-state index contributed by atoms with van der Waals surface area (Å²) in [5.74, 6) is -0.851. The number of rotatable bonds is 2. The van der Waals surface area contributed by atoms with E-state index in [-0.39, 0.29) is 53.3 Å². The summed E-state index contributed by atoms with van der Waals surface area (Å²) in [5.41, 5.74) is 6.97. The Morgan fingerprint density at radius 2 is 1.24 bits per heavy atom. The molecule has 34 heavy (non-hydrogen) atoms. The van der Waals surface area contributed by atoms with Crippen LogP contribution in [0.5, 0.6) is 0 Å². The molecule has 1 atom stereocenters. The molecule has 0 saturated heterocycles. The number of Topliss-reactive ketones (excluding diaryl/α,β-unsaturated/α-hetero) is 1. The van der Waals surface area contributed by atoms with E-state index >= 15 is 0 Å². The fourth-order valence-corrected chi connectivity index (χ4v) is 1.57. The molecule has 4 N–H and O–H groups in total. The minimum absolute atomic E-state index is 0. The average molecular weight is 514 g/mol. The van der Waals surface area contributed by atoms with Crippen LogP contribution in [-0.2, 0) is 9.36 Å². The third-order valence-corrected chi connectivity index (χ3v) is 3.33. The van der Waals surface area contributed by atoms with Gasteiger partial charge in [0, 0.05) is 12.7 Å². The summed E-state index contributed by atoms with van der Waals surface area (Å²) < 4.78 is 45.9. The molecule has 0 aliphatic rings. The Balaban J connectivity index is -0.0000000752. The fourth-order valence-electron chi connectivity index (χ4n) is 1.57.